The lowest BCUT2D eigenvalue weighted by Crippen LogP contribution is -2.54. The standard InChI is InChI=1S/C12H14FN3O4/c1-12(2,10(14)19)16-11(20)15-6-3-4-8(13)7(5-6)9(17)18/h3-5H,1-2H3,(H2,14,19)(H,17,18)(H2,15,16,20). The zero-order chi connectivity index (χ0) is 15.5. The van der Waals surface area contributed by atoms with E-state index in [1.54, 1.807) is 0 Å². The van der Waals surface area contributed by atoms with E-state index in [1.165, 1.54) is 19.9 Å². The Bertz CT molecular complexity index is 572. The molecule has 0 unspecified atom stereocenters. The van der Waals surface area contributed by atoms with Crippen LogP contribution in [0.25, 0.3) is 0 Å². The van der Waals surface area contributed by atoms with E-state index >= 15 is 0 Å². The quantitative estimate of drug-likeness (QED) is 0.656. The molecule has 5 N–H and O–H groups in total. The number of benzene rings is 1. The first kappa shape index (κ1) is 15.4. The van der Waals surface area contributed by atoms with Crippen molar-refractivity contribution in [2.45, 2.75) is 19.4 Å². The van der Waals surface area contributed by atoms with Gasteiger partial charge in [0.2, 0.25) is 5.91 Å². The van der Waals surface area contributed by atoms with Crippen molar-refractivity contribution >= 4 is 23.6 Å². The van der Waals surface area contributed by atoms with E-state index in [-0.39, 0.29) is 5.69 Å². The highest BCUT2D eigenvalue weighted by Gasteiger charge is 2.26. The first-order valence-corrected chi connectivity index (χ1v) is 5.55. The number of primary amides is 1. The Balaban J connectivity index is 2.84. The number of amides is 3. The predicted octanol–water partition coefficient (Wildman–Crippen LogP) is 0.909. The van der Waals surface area contributed by atoms with E-state index in [0.29, 0.717) is 0 Å². The normalized spacial score (nSPS) is 10.8. The summed E-state index contributed by atoms with van der Waals surface area (Å²) in [6, 6.07) is 2.31. The molecule has 3 amide bonds. The summed E-state index contributed by atoms with van der Waals surface area (Å²) >= 11 is 0. The number of anilines is 1. The second-order valence-corrected chi connectivity index (χ2v) is 4.57. The van der Waals surface area contributed by atoms with Gasteiger partial charge in [0.05, 0.1) is 5.56 Å². The van der Waals surface area contributed by atoms with Crippen LogP contribution in [-0.2, 0) is 4.79 Å². The number of carboxylic acids is 1. The van der Waals surface area contributed by atoms with Crippen LogP contribution in [0.1, 0.15) is 24.2 Å². The predicted molar refractivity (Wildman–Crippen MR) is 68.8 cm³/mol. The number of urea groups is 1. The highest BCUT2D eigenvalue weighted by atomic mass is 19.1. The zero-order valence-electron chi connectivity index (χ0n) is 10.9. The smallest absolute Gasteiger partial charge is 0.338 e. The van der Waals surface area contributed by atoms with Crippen LogP contribution in [-0.4, -0.2) is 28.6 Å². The summed E-state index contributed by atoms with van der Waals surface area (Å²) in [6.07, 6.45) is 0. The van der Waals surface area contributed by atoms with E-state index in [2.05, 4.69) is 10.6 Å². The highest BCUT2D eigenvalue weighted by Crippen LogP contribution is 2.15. The second kappa shape index (κ2) is 5.55. The van der Waals surface area contributed by atoms with Crippen molar-refractivity contribution < 1.29 is 23.9 Å². The Kier molecular flexibility index (Phi) is 4.28. The van der Waals surface area contributed by atoms with Crippen LogP contribution in [0.2, 0.25) is 0 Å². The van der Waals surface area contributed by atoms with Crippen molar-refractivity contribution in [3.05, 3.63) is 29.6 Å². The van der Waals surface area contributed by atoms with Gasteiger partial charge in [0.1, 0.15) is 11.4 Å². The van der Waals surface area contributed by atoms with Gasteiger partial charge in [-0.25, -0.2) is 14.0 Å². The summed E-state index contributed by atoms with van der Waals surface area (Å²) in [5.41, 5.74) is 3.31. The lowest BCUT2D eigenvalue weighted by molar-refractivity contribution is -0.122. The molecule has 0 saturated heterocycles. The molecule has 8 heteroatoms. The molecule has 20 heavy (non-hydrogen) atoms. The van der Waals surface area contributed by atoms with Crippen LogP contribution in [0.4, 0.5) is 14.9 Å². The Morgan fingerprint density at radius 3 is 2.40 bits per heavy atom. The van der Waals surface area contributed by atoms with Gasteiger partial charge in [-0.3, -0.25) is 4.79 Å². The van der Waals surface area contributed by atoms with Crippen molar-refractivity contribution in [1.29, 1.82) is 0 Å². The molecule has 0 aliphatic heterocycles. The number of hydrogen-bond acceptors (Lipinski definition) is 3. The minimum Gasteiger partial charge on any atom is -0.478 e. The van der Waals surface area contributed by atoms with Gasteiger partial charge in [-0.15, -0.1) is 0 Å². The third kappa shape index (κ3) is 3.67. The van der Waals surface area contributed by atoms with Gasteiger partial charge in [0, 0.05) is 5.69 Å². The van der Waals surface area contributed by atoms with Crippen LogP contribution < -0.4 is 16.4 Å². The summed E-state index contributed by atoms with van der Waals surface area (Å²) in [5.74, 6) is -3.11. The molecule has 0 aliphatic carbocycles. The van der Waals surface area contributed by atoms with E-state index in [4.69, 9.17) is 10.8 Å². The lowest BCUT2D eigenvalue weighted by atomic mass is 10.1. The zero-order valence-corrected chi connectivity index (χ0v) is 10.9. The maximum Gasteiger partial charge on any atom is 0.338 e. The number of carbonyl (C=O) groups excluding carboxylic acids is 2. The first-order valence-electron chi connectivity index (χ1n) is 5.55. The lowest BCUT2D eigenvalue weighted by Gasteiger charge is -2.22. The summed E-state index contributed by atoms with van der Waals surface area (Å²) < 4.78 is 13.2. The molecule has 0 fully saturated rings. The minimum absolute atomic E-state index is 0.0709. The number of nitrogens with one attached hydrogen (secondary N) is 2. The molecule has 7 nitrogen and oxygen atoms in total. The van der Waals surface area contributed by atoms with Crippen molar-refractivity contribution in [3.63, 3.8) is 0 Å². The van der Waals surface area contributed by atoms with Gasteiger partial charge in [0.15, 0.2) is 0 Å². The molecular weight excluding hydrogens is 269 g/mol. The van der Waals surface area contributed by atoms with E-state index in [9.17, 15) is 18.8 Å². The Hall–Kier alpha value is -2.64. The van der Waals surface area contributed by atoms with Crippen LogP contribution in [0.3, 0.4) is 0 Å². The summed E-state index contributed by atoms with van der Waals surface area (Å²) in [7, 11) is 0. The fraction of sp³-hybridized carbons (Fsp3) is 0.250. The highest BCUT2D eigenvalue weighted by molar-refractivity contribution is 5.96. The molecule has 0 radical (unpaired) electrons. The van der Waals surface area contributed by atoms with Crippen LogP contribution in [0, 0.1) is 5.82 Å². The minimum atomic E-state index is -1.45. The van der Waals surface area contributed by atoms with E-state index in [0.717, 1.165) is 12.1 Å². The molecule has 1 aromatic rings. The molecule has 0 bridgehead atoms. The van der Waals surface area contributed by atoms with E-state index < -0.39 is 34.8 Å². The number of carboxylic acid groups (broad SMARTS) is 1. The van der Waals surface area contributed by atoms with Gasteiger partial charge in [-0.05, 0) is 32.0 Å². The van der Waals surface area contributed by atoms with Gasteiger partial charge in [-0.1, -0.05) is 0 Å². The molecule has 1 rings (SSSR count). The third-order valence-corrected chi connectivity index (χ3v) is 2.50. The first-order chi connectivity index (χ1) is 9.13. The molecule has 0 atom stereocenters. The summed E-state index contributed by atoms with van der Waals surface area (Å²) in [4.78, 5) is 33.4. The number of nitrogens with two attached hydrogens (primary N) is 1. The van der Waals surface area contributed by atoms with Gasteiger partial charge in [-0.2, -0.15) is 0 Å². The third-order valence-electron chi connectivity index (χ3n) is 2.50. The number of halogens is 1. The fourth-order valence-electron chi connectivity index (χ4n) is 1.27. The molecule has 1 aromatic carbocycles. The number of carbonyl (C=O) groups is 3. The van der Waals surface area contributed by atoms with Gasteiger partial charge < -0.3 is 21.5 Å². The van der Waals surface area contributed by atoms with Crippen molar-refractivity contribution in [1.82, 2.24) is 5.32 Å². The summed E-state index contributed by atoms with van der Waals surface area (Å²) in [5, 5.41) is 13.3. The molecule has 0 aliphatic rings. The maximum absolute atomic E-state index is 13.2. The SMILES string of the molecule is CC(C)(NC(=O)Nc1ccc(F)c(C(=O)O)c1)C(N)=O. The Morgan fingerprint density at radius 1 is 1.30 bits per heavy atom. The average Bonchev–Trinajstić information content (AvgIpc) is 2.30. The largest absolute Gasteiger partial charge is 0.478 e. The van der Waals surface area contributed by atoms with Crippen LogP contribution in [0.15, 0.2) is 18.2 Å². The van der Waals surface area contributed by atoms with Gasteiger partial charge >= 0.3 is 12.0 Å². The molecule has 0 spiro atoms. The van der Waals surface area contributed by atoms with Crippen LogP contribution >= 0.6 is 0 Å². The Labute approximate surface area is 114 Å². The number of hydrogen-bond donors (Lipinski definition) is 4. The number of rotatable bonds is 4. The Morgan fingerprint density at radius 2 is 1.90 bits per heavy atom. The second-order valence-electron chi connectivity index (χ2n) is 4.57. The van der Waals surface area contributed by atoms with Crippen LogP contribution in [0.5, 0.6) is 0 Å². The van der Waals surface area contributed by atoms with Crippen molar-refractivity contribution in [2.75, 3.05) is 5.32 Å². The van der Waals surface area contributed by atoms with E-state index in [1.807, 2.05) is 0 Å². The maximum atomic E-state index is 13.2. The molecule has 108 valence electrons. The van der Waals surface area contributed by atoms with Crippen molar-refractivity contribution in [2.24, 2.45) is 5.73 Å². The molecule has 0 aromatic heterocycles. The fourth-order valence-corrected chi connectivity index (χ4v) is 1.27. The average molecular weight is 283 g/mol. The molecule has 0 saturated carbocycles. The monoisotopic (exact) mass is 283 g/mol. The molecule has 0 heterocycles. The topological polar surface area (TPSA) is 122 Å². The summed E-state index contributed by atoms with van der Waals surface area (Å²) in [6.45, 7) is 2.81. The van der Waals surface area contributed by atoms with Crippen molar-refractivity contribution in [3.8, 4) is 0 Å². The number of aromatic carboxylic acids is 1. The van der Waals surface area contributed by atoms with Gasteiger partial charge in [0.25, 0.3) is 0 Å². The molecular formula is C12H14FN3O4.